The summed E-state index contributed by atoms with van der Waals surface area (Å²) in [5, 5.41) is 9.32. The van der Waals surface area contributed by atoms with Crippen LogP contribution in [0.4, 0.5) is 0 Å². The van der Waals surface area contributed by atoms with Crippen LogP contribution in [0.5, 0.6) is 5.75 Å². The normalized spacial score (nSPS) is 16.6. The molecule has 0 bridgehead atoms. The molecule has 0 atom stereocenters. The van der Waals surface area contributed by atoms with Gasteiger partial charge in [-0.15, -0.1) is 0 Å². The van der Waals surface area contributed by atoms with Crippen molar-refractivity contribution in [2.24, 2.45) is 5.92 Å². The first-order chi connectivity index (χ1) is 9.56. The topological polar surface area (TPSA) is 40.5 Å². The van der Waals surface area contributed by atoms with Crippen LogP contribution in [-0.4, -0.2) is 29.0 Å². The largest absolute Gasteiger partial charge is 0.508 e. The first-order valence-corrected chi connectivity index (χ1v) is 7.63. The van der Waals surface area contributed by atoms with Crippen LogP contribution >= 0.6 is 0 Å². The smallest absolute Gasteiger partial charge is 0.222 e. The van der Waals surface area contributed by atoms with Crippen LogP contribution in [0.1, 0.15) is 51.0 Å². The lowest BCUT2D eigenvalue weighted by atomic mass is 9.89. The zero-order chi connectivity index (χ0) is 14.5. The molecule has 1 heterocycles. The minimum Gasteiger partial charge on any atom is -0.508 e. The molecule has 1 aromatic rings. The highest BCUT2D eigenvalue weighted by molar-refractivity contribution is 5.76. The van der Waals surface area contributed by atoms with E-state index in [-0.39, 0.29) is 0 Å². The number of nitrogens with zero attached hydrogens (tertiary/aromatic N) is 1. The van der Waals surface area contributed by atoms with E-state index in [1.165, 1.54) is 5.56 Å². The Bertz CT molecular complexity index is 431. The van der Waals surface area contributed by atoms with Crippen molar-refractivity contribution < 1.29 is 9.90 Å². The third-order valence-corrected chi connectivity index (χ3v) is 4.15. The Morgan fingerprint density at radius 2 is 1.85 bits per heavy atom. The van der Waals surface area contributed by atoms with Crippen LogP contribution in [0.2, 0.25) is 0 Å². The summed E-state index contributed by atoms with van der Waals surface area (Å²) >= 11 is 0. The van der Waals surface area contributed by atoms with Crippen molar-refractivity contribution in [2.75, 3.05) is 13.1 Å². The Labute approximate surface area is 121 Å². The zero-order valence-electron chi connectivity index (χ0n) is 12.5. The second kappa shape index (κ2) is 6.78. The van der Waals surface area contributed by atoms with Gasteiger partial charge in [-0.05, 0) is 48.8 Å². The van der Waals surface area contributed by atoms with Gasteiger partial charge in [0.05, 0.1) is 0 Å². The van der Waals surface area contributed by atoms with Crippen molar-refractivity contribution in [1.29, 1.82) is 0 Å². The van der Waals surface area contributed by atoms with E-state index in [2.05, 4.69) is 13.8 Å². The molecule has 1 aliphatic rings. The van der Waals surface area contributed by atoms with Gasteiger partial charge in [0.25, 0.3) is 0 Å². The van der Waals surface area contributed by atoms with Crippen LogP contribution < -0.4 is 0 Å². The molecular weight excluding hydrogens is 250 g/mol. The summed E-state index contributed by atoms with van der Waals surface area (Å²) in [6.45, 7) is 6.04. The lowest BCUT2D eigenvalue weighted by molar-refractivity contribution is -0.132. The van der Waals surface area contributed by atoms with Crippen molar-refractivity contribution in [2.45, 2.75) is 45.4 Å². The molecule has 3 nitrogen and oxygen atoms in total. The van der Waals surface area contributed by atoms with Gasteiger partial charge >= 0.3 is 0 Å². The van der Waals surface area contributed by atoms with Gasteiger partial charge in [0, 0.05) is 19.5 Å². The van der Waals surface area contributed by atoms with E-state index in [1.807, 2.05) is 17.0 Å². The maximum absolute atomic E-state index is 12.1. The van der Waals surface area contributed by atoms with Gasteiger partial charge in [-0.2, -0.15) is 0 Å². The molecule has 3 heteroatoms. The maximum Gasteiger partial charge on any atom is 0.222 e. The van der Waals surface area contributed by atoms with Gasteiger partial charge in [0.2, 0.25) is 5.91 Å². The highest BCUT2D eigenvalue weighted by Crippen LogP contribution is 2.29. The number of amides is 1. The van der Waals surface area contributed by atoms with Crippen LogP contribution in [-0.2, 0) is 4.79 Å². The SMILES string of the molecule is CC(C)CCC(=O)N1CCC(c2ccc(O)cc2)CC1. The number of phenolic OH excluding ortho intramolecular Hbond substituents is 1. The van der Waals surface area contributed by atoms with Gasteiger partial charge in [-0.1, -0.05) is 26.0 Å². The Kier molecular flexibility index (Phi) is 5.05. The Morgan fingerprint density at radius 1 is 1.25 bits per heavy atom. The number of hydrogen-bond acceptors (Lipinski definition) is 2. The van der Waals surface area contributed by atoms with Crippen LogP contribution in [0.3, 0.4) is 0 Å². The number of aromatic hydroxyl groups is 1. The van der Waals surface area contributed by atoms with Crippen molar-refractivity contribution in [3.8, 4) is 5.75 Å². The third-order valence-electron chi connectivity index (χ3n) is 4.15. The van der Waals surface area contributed by atoms with Gasteiger partial charge in [0.15, 0.2) is 0 Å². The molecule has 1 fully saturated rings. The second-order valence-electron chi connectivity index (χ2n) is 6.18. The average molecular weight is 275 g/mol. The monoisotopic (exact) mass is 275 g/mol. The Morgan fingerprint density at radius 3 is 2.40 bits per heavy atom. The molecule has 1 aromatic carbocycles. The summed E-state index contributed by atoms with van der Waals surface area (Å²) in [5.41, 5.74) is 1.28. The van der Waals surface area contributed by atoms with Crippen molar-refractivity contribution >= 4 is 5.91 Å². The Hall–Kier alpha value is -1.51. The fourth-order valence-corrected chi connectivity index (χ4v) is 2.78. The number of phenols is 1. The quantitative estimate of drug-likeness (QED) is 0.913. The molecule has 20 heavy (non-hydrogen) atoms. The summed E-state index contributed by atoms with van der Waals surface area (Å²) in [6, 6.07) is 7.48. The molecular formula is C17H25NO2. The number of benzene rings is 1. The Balaban J connectivity index is 1.83. The molecule has 0 spiro atoms. The summed E-state index contributed by atoms with van der Waals surface area (Å²) < 4.78 is 0. The first kappa shape index (κ1) is 14.9. The summed E-state index contributed by atoms with van der Waals surface area (Å²) in [7, 11) is 0. The van der Waals surface area contributed by atoms with E-state index in [0.717, 1.165) is 32.4 Å². The van der Waals surface area contributed by atoms with Crippen molar-refractivity contribution in [1.82, 2.24) is 4.90 Å². The molecule has 0 saturated carbocycles. The van der Waals surface area contributed by atoms with Gasteiger partial charge in [0.1, 0.15) is 5.75 Å². The van der Waals surface area contributed by atoms with Crippen LogP contribution in [0, 0.1) is 5.92 Å². The molecule has 1 saturated heterocycles. The van der Waals surface area contributed by atoms with Gasteiger partial charge in [-0.25, -0.2) is 0 Å². The summed E-state index contributed by atoms with van der Waals surface area (Å²) in [4.78, 5) is 14.1. The number of piperidine rings is 1. The zero-order valence-corrected chi connectivity index (χ0v) is 12.5. The molecule has 2 rings (SSSR count). The molecule has 0 aromatic heterocycles. The molecule has 1 N–H and O–H groups in total. The lowest BCUT2D eigenvalue weighted by Crippen LogP contribution is -2.37. The van der Waals surface area contributed by atoms with Crippen molar-refractivity contribution in [3.63, 3.8) is 0 Å². The van der Waals surface area contributed by atoms with E-state index in [1.54, 1.807) is 12.1 Å². The minimum absolute atomic E-state index is 0.308. The fraction of sp³-hybridized carbons (Fsp3) is 0.588. The summed E-state index contributed by atoms with van der Waals surface area (Å²) in [6.07, 6.45) is 3.72. The number of likely N-dealkylation sites (tertiary alicyclic amines) is 1. The molecule has 0 aliphatic carbocycles. The van der Waals surface area contributed by atoms with E-state index in [4.69, 9.17) is 0 Å². The van der Waals surface area contributed by atoms with E-state index in [9.17, 15) is 9.90 Å². The van der Waals surface area contributed by atoms with E-state index >= 15 is 0 Å². The van der Waals surface area contributed by atoms with Gasteiger partial charge < -0.3 is 10.0 Å². The highest BCUT2D eigenvalue weighted by atomic mass is 16.3. The van der Waals surface area contributed by atoms with Crippen molar-refractivity contribution in [3.05, 3.63) is 29.8 Å². The molecule has 110 valence electrons. The van der Waals surface area contributed by atoms with E-state index < -0.39 is 0 Å². The number of carbonyl (C=O) groups is 1. The first-order valence-electron chi connectivity index (χ1n) is 7.63. The second-order valence-corrected chi connectivity index (χ2v) is 6.18. The molecule has 1 aliphatic heterocycles. The predicted molar refractivity (Wildman–Crippen MR) is 80.7 cm³/mol. The standard InChI is InChI=1S/C17H25NO2/c1-13(2)3-8-17(20)18-11-9-15(10-12-18)14-4-6-16(19)7-5-14/h4-7,13,15,19H,3,8-12H2,1-2H3. The number of carbonyl (C=O) groups excluding carboxylic acids is 1. The number of rotatable bonds is 4. The predicted octanol–water partition coefficient (Wildman–Crippen LogP) is 3.53. The lowest BCUT2D eigenvalue weighted by Gasteiger charge is -2.32. The average Bonchev–Trinajstić information content (AvgIpc) is 2.46. The molecule has 0 radical (unpaired) electrons. The van der Waals surface area contributed by atoms with E-state index in [0.29, 0.717) is 29.9 Å². The fourth-order valence-electron chi connectivity index (χ4n) is 2.78. The van der Waals surface area contributed by atoms with Gasteiger partial charge in [-0.3, -0.25) is 4.79 Å². The molecule has 0 unspecified atom stereocenters. The van der Waals surface area contributed by atoms with Crippen LogP contribution in [0.25, 0.3) is 0 Å². The minimum atomic E-state index is 0.308. The van der Waals surface area contributed by atoms with Crippen LogP contribution in [0.15, 0.2) is 24.3 Å². The molecule has 1 amide bonds. The number of hydrogen-bond donors (Lipinski definition) is 1. The maximum atomic E-state index is 12.1. The third kappa shape index (κ3) is 3.99. The summed E-state index contributed by atoms with van der Waals surface area (Å²) in [5.74, 6) is 1.73. The highest BCUT2D eigenvalue weighted by Gasteiger charge is 2.23.